The SMILES string of the molecule is CCCC(C)(O)c1cccc(SC)c1. The summed E-state index contributed by atoms with van der Waals surface area (Å²) in [4.78, 5) is 1.21. The van der Waals surface area contributed by atoms with Gasteiger partial charge in [-0.1, -0.05) is 25.5 Å². The summed E-state index contributed by atoms with van der Waals surface area (Å²) in [5.74, 6) is 0. The van der Waals surface area contributed by atoms with E-state index in [0.29, 0.717) is 0 Å². The first kappa shape index (κ1) is 11.6. The van der Waals surface area contributed by atoms with Crippen LogP contribution in [0.1, 0.15) is 32.3 Å². The molecule has 0 spiro atoms. The normalized spacial score (nSPS) is 15.1. The second kappa shape index (κ2) is 4.85. The maximum Gasteiger partial charge on any atom is 0.0868 e. The fourth-order valence-corrected chi connectivity index (χ4v) is 2.05. The van der Waals surface area contributed by atoms with Crippen LogP contribution in [0.2, 0.25) is 0 Å². The van der Waals surface area contributed by atoms with Crippen molar-refractivity contribution in [2.45, 2.75) is 37.2 Å². The molecule has 0 aliphatic rings. The molecule has 0 radical (unpaired) electrons. The summed E-state index contributed by atoms with van der Waals surface area (Å²) in [6.45, 7) is 3.98. The summed E-state index contributed by atoms with van der Waals surface area (Å²) in [7, 11) is 0. The summed E-state index contributed by atoms with van der Waals surface area (Å²) in [5.41, 5.74) is 0.340. The molecule has 0 aliphatic heterocycles. The van der Waals surface area contributed by atoms with Crippen LogP contribution in [0.4, 0.5) is 0 Å². The van der Waals surface area contributed by atoms with E-state index in [1.54, 1.807) is 11.8 Å². The molecule has 1 aromatic rings. The van der Waals surface area contributed by atoms with Gasteiger partial charge in [0.25, 0.3) is 0 Å². The maximum absolute atomic E-state index is 10.2. The van der Waals surface area contributed by atoms with Gasteiger partial charge >= 0.3 is 0 Å². The van der Waals surface area contributed by atoms with Gasteiger partial charge < -0.3 is 5.11 Å². The van der Waals surface area contributed by atoms with E-state index in [1.807, 2.05) is 25.3 Å². The molecule has 0 amide bonds. The Kier molecular flexibility index (Phi) is 4.02. The van der Waals surface area contributed by atoms with Gasteiger partial charge in [0.2, 0.25) is 0 Å². The van der Waals surface area contributed by atoms with Crippen LogP contribution in [0.3, 0.4) is 0 Å². The van der Waals surface area contributed by atoms with Gasteiger partial charge in [0.1, 0.15) is 0 Å². The maximum atomic E-state index is 10.2. The van der Waals surface area contributed by atoms with E-state index in [0.717, 1.165) is 18.4 Å². The van der Waals surface area contributed by atoms with Crippen molar-refractivity contribution in [1.29, 1.82) is 0 Å². The number of hydrogen-bond donors (Lipinski definition) is 1. The number of aliphatic hydroxyl groups is 1. The van der Waals surface area contributed by atoms with Crippen LogP contribution in [-0.4, -0.2) is 11.4 Å². The van der Waals surface area contributed by atoms with Crippen LogP contribution in [0.15, 0.2) is 29.2 Å². The number of hydrogen-bond acceptors (Lipinski definition) is 2. The monoisotopic (exact) mass is 210 g/mol. The molecule has 0 heterocycles. The van der Waals surface area contributed by atoms with Crippen LogP contribution >= 0.6 is 11.8 Å². The van der Waals surface area contributed by atoms with Gasteiger partial charge in [0.05, 0.1) is 5.60 Å². The topological polar surface area (TPSA) is 20.2 Å². The minimum Gasteiger partial charge on any atom is -0.385 e. The van der Waals surface area contributed by atoms with Gasteiger partial charge in [-0.3, -0.25) is 0 Å². The van der Waals surface area contributed by atoms with Crippen molar-refractivity contribution in [2.75, 3.05) is 6.26 Å². The zero-order valence-corrected chi connectivity index (χ0v) is 9.90. The lowest BCUT2D eigenvalue weighted by molar-refractivity contribution is 0.0468. The first-order valence-electron chi connectivity index (χ1n) is 4.97. The van der Waals surface area contributed by atoms with E-state index in [9.17, 15) is 5.11 Å². The van der Waals surface area contributed by atoms with Crippen molar-refractivity contribution >= 4 is 11.8 Å². The van der Waals surface area contributed by atoms with Crippen LogP contribution < -0.4 is 0 Å². The molecule has 0 saturated heterocycles. The van der Waals surface area contributed by atoms with Gasteiger partial charge in [-0.2, -0.15) is 0 Å². The van der Waals surface area contributed by atoms with Crippen molar-refractivity contribution in [2.24, 2.45) is 0 Å². The van der Waals surface area contributed by atoms with Crippen LogP contribution in [0, 0.1) is 0 Å². The van der Waals surface area contributed by atoms with E-state index >= 15 is 0 Å². The van der Waals surface area contributed by atoms with E-state index in [1.165, 1.54) is 4.90 Å². The Balaban J connectivity index is 2.93. The minimum absolute atomic E-state index is 0.680. The molecular formula is C12H18OS. The van der Waals surface area contributed by atoms with Gasteiger partial charge in [-0.15, -0.1) is 11.8 Å². The van der Waals surface area contributed by atoms with Crippen molar-refractivity contribution < 1.29 is 5.11 Å². The lowest BCUT2D eigenvalue weighted by Crippen LogP contribution is -2.20. The Bertz CT molecular complexity index is 294. The predicted molar refractivity (Wildman–Crippen MR) is 62.7 cm³/mol. The van der Waals surface area contributed by atoms with Gasteiger partial charge in [0, 0.05) is 4.90 Å². The molecule has 0 aliphatic carbocycles. The molecule has 14 heavy (non-hydrogen) atoms. The van der Waals surface area contributed by atoms with Crippen molar-refractivity contribution in [3.8, 4) is 0 Å². The first-order chi connectivity index (χ1) is 6.60. The fraction of sp³-hybridized carbons (Fsp3) is 0.500. The Morgan fingerprint density at radius 3 is 2.71 bits per heavy atom. The zero-order valence-electron chi connectivity index (χ0n) is 9.08. The number of rotatable bonds is 4. The second-order valence-corrected chi connectivity index (χ2v) is 4.64. The molecule has 2 heteroatoms. The van der Waals surface area contributed by atoms with E-state index in [2.05, 4.69) is 19.1 Å². The molecule has 1 nitrogen and oxygen atoms in total. The average Bonchev–Trinajstić information content (AvgIpc) is 2.18. The second-order valence-electron chi connectivity index (χ2n) is 3.76. The lowest BCUT2D eigenvalue weighted by atomic mass is 9.92. The zero-order chi connectivity index (χ0) is 10.6. The summed E-state index contributed by atoms with van der Waals surface area (Å²) < 4.78 is 0. The van der Waals surface area contributed by atoms with Gasteiger partial charge in [-0.25, -0.2) is 0 Å². The molecule has 1 rings (SSSR count). The molecule has 0 saturated carbocycles. The third-order valence-electron chi connectivity index (χ3n) is 2.43. The first-order valence-corrected chi connectivity index (χ1v) is 6.19. The van der Waals surface area contributed by atoms with Crippen molar-refractivity contribution in [1.82, 2.24) is 0 Å². The fourth-order valence-electron chi connectivity index (χ4n) is 1.59. The summed E-state index contributed by atoms with van der Waals surface area (Å²) in [5, 5.41) is 10.2. The molecule has 1 N–H and O–H groups in total. The molecule has 1 aromatic carbocycles. The lowest BCUT2D eigenvalue weighted by Gasteiger charge is -2.23. The van der Waals surface area contributed by atoms with E-state index < -0.39 is 5.60 Å². The van der Waals surface area contributed by atoms with Gasteiger partial charge in [0.15, 0.2) is 0 Å². The highest BCUT2D eigenvalue weighted by molar-refractivity contribution is 7.98. The van der Waals surface area contributed by atoms with Crippen LogP contribution in [-0.2, 0) is 5.60 Å². The highest BCUT2D eigenvalue weighted by atomic mass is 32.2. The Hall–Kier alpha value is -0.470. The standard InChI is InChI=1S/C12H18OS/c1-4-8-12(2,13)10-6-5-7-11(9-10)14-3/h5-7,9,13H,4,8H2,1-3H3. The van der Waals surface area contributed by atoms with E-state index in [-0.39, 0.29) is 0 Å². The van der Waals surface area contributed by atoms with Crippen molar-refractivity contribution in [3.05, 3.63) is 29.8 Å². The molecule has 1 unspecified atom stereocenters. The van der Waals surface area contributed by atoms with Crippen molar-refractivity contribution in [3.63, 3.8) is 0 Å². The Morgan fingerprint density at radius 2 is 2.14 bits per heavy atom. The summed E-state index contributed by atoms with van der Waals surface area (Å²) in [6.07, 6.45) is 3.86. The molecule has 0 bridgehead atoms. The van der Waals surface area contributed by atoms with E-state index in [4.69, 9.17) is 0 Å². The molecule has 0 aromatic heterocycles. The molecule has 0 fully saturated rings. The Labute approximate surface area is 90.5 Å². The van der Waals surface area contributed by atoms with Gasteiger partial charge in [-0.05, 0) is 37.3 Å². The third kappa shape index (κ3) is 2.76. The predicted octanol–water partition coefficient (Wildman–Crippen LogP) is 3.42. The quantitative estimate of drug-likeness (QED) is 0.768. The third-order valence-corrected chi connectivity index (χ3v) is 3.15. The van der Waals surface area contributed by atoms with Crippen LogP contribution in [0.5, 0.6) is 0 Å². The smallest absolute Gasteiger partial charge is 0.0868 e. The largest absolute Gasteiger partial charge is 0.385 e. The highest BCUT2D eigenvalue weighted by Crippen LogP contribution is 2.28. The molecule has 1 atom stereocenters. The molecular weight excluding hydrogens is 192 g/mol. The molecule has 78 valence electrons. The van der Waals surface area contributed by atoms with Crippen LogP contribution in [0.25, 0.3) is 0 Å². The number of benzene rings is 1. The highest BCUT2D eigenvalue weighted by Gasteiger charge is 2.21. The minimum atomic E-state index is -0.680. The summed E-state index contributed by atoms with van der Waals surface area (Å²) >= 11 is 1.71. The summed E-state index contributed by atoms with van der Waals surface area (Å²) in [6, 6.07) is 8.14. The average molecular weight is 210 g/mol. The number of thioether (sulfide) groups is 1. The Morgan fingerprint density at radius 1 is 1.43 bits per heavy atom.